The molecule has 0 amide bonds. The molecule has 3 N–H and O–H groups in total. The summed E-state index contributed by atoms with van der Waals surface area (Å²) in [6.45, 7) is 8.41. The Morgan fingerprint density at radius 2 is 1.07 bits per heavy atom. The summed E-state index contributed by atoms with van der Waals surface area (Å²) in [6, 6.07) is 0. The van der Waals surface area contributed by atoms with Crippen molar-refractivity contribution in [2.45, 2.75) is 40.9 Å². The van der Waals surface area contributed by atoms with E-state index in [9.17, 15) is 9.59 Å². The Kier molecular flexibility index (Phi) is 7.87. The molecule has 0 aromatic carbocycles. The Labute approximate surface area is 90.7 Å². The van der Waals surface area contributed by atoms with Gasteiger partial charge in [-0.15, -0.1) is 0 Å². The predicted octanol–water partition coefficient (Wildman–Crippen LogP) is 1.89. The van der Waals surface area contributed by atoms with Gasteiger partial charge in [-0.25, -0.2) is 0 Å². The topological polar surface area (TPSA) is 87.6 Å². The molecule has 0 aliphatic carbocycles. The third kappa shape index (κ3) is 6.90. The van der Waals surface area contributed by atoms with Crippen molar-refractivity contribution in [3.05, 3.63) is 0 Å². The SMILES string of the molecule is CC(OC(=O)C(C)C)OC(=O)C(C)C.N. The third-order valence-corrected chi connectivity index (χ3v) is 1.51. The highest BCUT2D eigenvalue weighted by Gasteiger charge is 2.17. The molecule has 5 heteroatoms. The summed E-state index contributed by atoms with van der Waals surface area (Å²) in [5.74, 6) is -1.16. The van der Waals surface area contributed by atoms with Crippen molar-refractivity contribution in [2.75, 3.05) is 0 Å². The largest absolute Gasteiger partial charge is 0.425 e. The number of rotatable bonds is 4. The standard InChI is InChI=1S/C10H18O4.H3N/c1-6(2)9(11)13-8(5)14-10(12)7(3)4;/h6-8H,1-5H3;1H3. The molecule has 0 fully saturated rings. The molecule has 0 spiro atoms. The summed E-state index contributed by atoms with van der Waals surface area (Å²) in [5.41, 5.74) is 0. The maximum Gasteiger partial charge on any atom is 0.311 e. The number of esters is 2. The summed E-state index contributed by atoms with van der Waals surface area (Å²) in [7, 11) is 0. The molecule has 0 saturated carbocycles. The van der Waals surface area contributed by atoms with Crippen LogP contribution in [0.3, 0.4) is 0 Å². The van der Waals surface area contributed by atoms with Crippen molar-refractivity contribution in [1.29, 1.82) is 0 Å². The highest BCUT2D eigenvalue weighted by Crippen LogP contribution is 2.05. The maximum atomic E-state index is 11.1. The lowest BCUT2D eigenvalue weighted by Crippen LogP contribution is -2.25. The first-order valence-corrected chi connectivity index (χ1v) is 4.75. The van der Waals surface area contributed by atoms with E-state index in [1.165, 1.54) is 6.92 Å². The Morgan fingerprint density at radius 1 is 0.800 bits per heavy atom. The van der Waals surface area contributed by atoms with E-state index in [1.54, 1.807) is 27.7 Å². The highest BCUT2D eigenvalue weighted by molar-refractivity contribution is 5.73. The van der Waals surface area contributed by atoms with E-state index in [-0.39, 0.29) is 29.9 Å². The smallest absolute Gasteiger partial charge is 0.311 e. The molecular weight excluding hydrogens is 198 g/mol. The minimum Gasteiger partial charge on any atom is -0.425 e. The first-order valence-electron chi connectivity index (χ1n) is 4.75. The fourth-order valence-electron chi connectivity index (χ4n) is 0.623. The summed E-state index contributed by atoms with van der Waals surface area (Å²) in [5, 5.41) is 0. The van der Waals surface area contributed by atoms with Crippen molar-refractivity contribution in [2.24, 2.45) is 11.8 Å². The number of carbonyl (C=O) groups excluding carboxylic acids is 2. The van der Waals surface area contributed by atoms with Crippen molar-refractivity contribution < 1.29 is 19.1 Å². The fraction of sp³-hybridized carbons (Fsp3) is 0.800. The van der Waals surface area contributed by atoms with Gasteiger partial charge in [0.1, 0.15) is 0 Å². The Morgan fingerprint density at radius 3 is 1.27 bits per heavy atom. The van der Waals surface area contributed by atoms with Gasteiger partial charge in [0.2, 0.25) is 6.29 Å². The van der Waals surface area contributed by atoms with Gasteiger partial charge in [0, 0.05) is 6.92 Å². The zero-order valence-corrected chi connectivity index (χ0v) is 10.1. The van der Waals surface area contributed by atoms with E-state index >= 15 is 0 Å². The normalized spacial score (nSPS) is 10.1. The lowest BCUT2D eigenvalue weighted by molar-refractivity contribution is -0.188. The van der Waals surface area contributed by atoms with E-state index in [1.807, 2.05) is 0 Å². The van der Waals surface area contributed by atoms with Gasteiger partial charge in [0.05, 0.1) is 11.8 Å². The molecule has 5 nitrogen and oxygen atoms in total. The van der Waals surface area contributed by atoms with Crippen molar-refractivity contribution in [3.8, 4) is 0 Å². The highest BCUT2D eigenvalue weighted by atomic mass is 16.7. The minimum absolute atomic E-state index is 0. The molecule has 0 heterocycles. The monoisotopic (exact) mass is 219 g/mol. The molecule has 0 saturated heterocycles. The van der Waals surface area contributed by atoms with E-state index in [2.05, 4.69) is 0 Å². The van der Waals surface area contributed by atoms with Gasteiger partial charge in [-0.3, -0.25) is 9.59 Å². The van der Waals surface area contributed by atoms with Crippen LogP contribution in [-0.4, -0.2) is 18.2 Å². The summed E-state index contributed by atoms with van der Waals surface area (Å²) in [4.78, 5) is 22.2. The zero-order chi connectivity index (χ0) is 11.3. The average molecular weight is 219 g/mol. The van der Waals surface area contributed by atoms with Gasteiger partial charge in [-0.2, -0.15) is 0 Å². The third-order valence-electron chi connectivity index (χ3n) is 1.51. The van der Waals surface area contributed by atoms with E-state index in [0.717, 1.165) is 0 Å². The van der Waals surface area contributed by atoms with Crippen LogP contribution >= 0.6 is 0 Å². The van der Waals surface area contributed by atoms with Gasteiger partial charge in [0.15, 0.2) is 0 Å². The second kappa shape index (κ2) is 7.23. The molecule has 0 atom stereocenters. The van der Waals surface area contributed by atoms with E-state index in [4.69, 9.17) is 9.47 Å². The van der Waals surface area contributed by atoms with Gasteiger partial charge in [0.25, 0.3) is 0 Å². The van der Waals surface area contributed by atoms with E-state index < -0.39 is 6.29 Å². The van der Waals surface area contributed by atoms with Crippen LogP contribution in [0.4, 0.5) is 0 Å². The zero-order valence-electron chi connectivity index (χ0n) is 10.1. The second-order valence-electron chi connectivity index (χ2n) is 3.75. The van der Waals surface area contributed by atoms with Crippen LogP contribution in [0.15, 0.2) is 0 Å². The van der Waals surface area contributed by atoms with Crippen LogP contribution in [0, 0.1) is 11.8 Å². The molecule has 0 aliphatic heterocycles. The van der Waals surface area contributed by atoms with Crippen LogP contribution in [0.1, 0.15) is 34.6 Å². The molecule has 0 unspecified atom stereocenters. The molecule has 0 rings (SSSR count). The Balaban J connectivity index is 0. The molecule has 0 bridgehead atoms. The molecule has 0 aromatic heterocycles. The first kappa shape index (κ1) is 16.3. The molecule has 90 valence electrons. The quantitative estimate of drug-likeness (QED) is 0.576. The minimum atomic E-state index is -0.806. The predicted molar refractivity (Wildman–Crippen MR) is 56.3 cm³/mol. The van der Waals surface area contributed by atoms with Crippen LogP contribution in [0.5, 0.6) is 0 Å². The van der Waals surface area contributed by atoms with Crippen LogP contribution in [0.2, 0.25) is 0 Å². The molecule has 0 radical (unpaired) electrons. The van der Waals surface area contributed by atoms with Gasteiger partial charge in [-0.1, -0.05) is 27.7 Å². The Hall–Kier alpha value is -1.10. The van der Waals surface area contributed by atoms with Gasteiger partial charge in [-0.05, 0) is 0 Å². The number of hydrogen-bond acceptors (Lipinski definition) is 5. The lowest BCUT2D eigenvalue weighted by Gasteiger charge is -2.16. The molecule has 0 aromatic rings. The van der Waals surface area contributed by atoms with Crippen molar-refractivity contribution in [1.82, 2.24) is 6.15 Å². The number of hydrogen-bond donors (Lipinski definition) is 1. The van der Waals surface area contributed by atoms with Crippen LogP contribution < -0.4 is 6.15 Å². The second-order valence-corrected chi connectivity index (χ2v) is 3.75. The van der Waals surface area contributed by atoms with E-state index in [0.29, 0.717) is 0 Å². The van der Waals surface area contributed by atoms with Gasteiger partial charge >= 0.3 is 11.9 Å². The van der Waals surface area contributed by atoms with Gasteiger partial charge < -0.3 is 15.6 Å². The summed E-state index contributed by atoms with van der Waals surface area (Å²) < 4.78 is 9.70. The molecule has 15 heavy (non-hydrogen) atoms. The van der Waals surface area contributed by atoms with Crippen LogP contribution in [0.25, 0.3) is 0 Å². The summed E-state index contributed by atoms with van der Waals surface area (Å²) >= 11 is 0. The average Bonchev–Trinajstić information content (AvgIpc) is 2.03. The van der Waals surface area contributed by atoms with Crippen molar-refractivity contribution in [3.63, 3.8) is 0 Å². The first-order chi connectivity index (χ1) is 6.34. The molecule has 0 aliphatic rings. The van der Waals surface area contributed by atoms with Crippen molar-refractivity contribution >= 4 is 11.9 Å². The fourth-order valence-corrected chi connectivity index (χ4v) is 0.623. The summed E-state index contributed by atoms with van der Waals surface area (Å²) in [6.07, 6.45) is -0.806. The van der Waals surface area contributed by atoms with Crippen LogP contribution in [-0.2, 0) is 19.1 Å². The molecular formula is C10H21NO4. The lowest BCUT2D eigenvalue weighted by atomic mass is 10.2. The number of carbonyl (C=O) groups is 2. The maximum absolute atomic E-state index is 11.1. The Bertz CT molecular complexity index is 191. The number of ether oxygens (including phenoxy) is 2.